The van der Waals surface area contributed by atoms with Gasteiger partial charge in [-0.05, 0) is 58.1 Å². The van der Waals surface area contributed by atoms with E-state index in [4.69, 9.17) is 9.97 Å². The highest BCUT2D eigenvalue weighted by Gasteiger charge is 2.22. The van der Waals surface area contributed by atoms with Crippen molar-refractivity contribution in [1.29, 1.82) is 0 Å². The van der Waals surface area contributed by atoms with E-state index < -0.39 is 0 Å². The predicted molar refractivity (Wildman–Crippen MR) is 190 cm³/mol. The molecule has 0 N–H and O–H groups in total. The molecule has 0 saturated heterocycles. The first kappa shape index (κ1) is 25.3. The monoisotopic (exact) mass is 585 g/mol. The van der Waals surface area contributed by atoms with Gasteiger partial charge in [-0.2, -0.15) is 0 Å². The van der Waals surface area contributed by atoms with Crippen LogP contribution in [-0.2, 0) is 6.42 Å². The highest BCUT2D eigenvalue weighted by Crippen LogP contribution is 2.43. The molecule has 6 aromatic carbocycles. The molecule has 0 saturated carbocycles. The molecule has 9 aromatic rings. The Morgan fingerprint density at radius 3 is 2.15 bits per heavy atom. The van der Waals surface area contributed by atoms with Crippen LogP contribution in [0.15, 0.2) is 152 Å². The van der Waals surface area contributed by atoms with Gasteiger partial charge in [-0.15, -0.1) is 0 Å². The first-order chi connectivity index (χ1) is 22.8. The van der Waals surface area contributed by atoms with Crippen LogP contribution < -0.4 is 0 Å². The summed E-state index contributed by atoms with van der Waals surface area (Å²) in [5, 5.41) is 4.76. The van der Waals surface area contributed by atoms with Crippen LogP contribution in [0.5, 0.6) is 0 Å². The van der Waals surface area contributed by atoms with Crippen molar-refractivity contribution in [3.63, 3.8) is 0 Å². The highest BCUT2D eigenvalue weighted by molar-refractivity contribution is 6.11. The Morgan fingerprint density at radius 1 is 0.500 bits per heavy atom. The van der Waals surface area contributed by atoms with Crippen molar-refractivity contribution in [2.24, 2.45) is 0 Å². The summed E-state index contributed by atoms with van der Waals surface area (Å²) in [4.78, 5) is 9.91. The van der Waals surface area contributed by atoms with Gasteiger partial charge in [0.2, 0.25) is 0 Å². The van der Waals surface area contributed by atoms with Crippen LogP contribution in [0.2, 0.25) is 0 Å². The fourth-order valence-electron chi connectivity index (χ4n) is 7.58. The van der Waals surface area contributed by atoms with Gasteiger partial charge in [0.05, 0.1) is 33.4 Å². The minimum Gasteiger partial charge on any atom is -0.308 e. The molecule has 3 heteroatoms. The molecule has 214 valence electrons. The molecule has 0 atom stereocenters. The first-order valence-corrected chi connectivity index (χ1v) is 15.8. The summed E-state index contributed by atoms with van der Waals surface area (Å²) < 4.78 is 2.49. The average molecular weight is 586 g/mol. The van der Waals surface area contributed by atoms with Gasteiger partial charge in [0, 0.05) is 45.3 Å². The summed E-state index contributed by atoms with van der Waals surface area (Å²) in [6.07, 6.45) is 2.65. The Balaban J connectivity index is 1.28. The summed E-state index contributed by atoms with van der Waals surface area (Å²) >= 11 is 0. The third-order valence-corrected chi connectivity index (χ3v) is 9.64. The number of hydrogen-bond donors (Lipinski definition) is 0. The van der Waals surface area contributed by atoms with Gasteiger partial charge in [-0.3, -0.25) is 4.98 Å². The maximum Gasteiger partial charge on any atom is 0.0972 e. The lowest BCUT2D eigenvalue weighted by Crippen LogP contribution is -2.04. The molecule has 0 fully saturated rings. The van der Waals surface area contributed by atoms with Crippen LogP contribution >= 0.6 is 0 Å². The van der Waals surface area contributed by atoms with E-state index in [0.29, 0.717) is 0 Å². The lowest BCUT2D eigenvalue weighted by Gasteiger charge is -2.22. The summed E-state index contributed by atoms with van der Waals surface area (Å²) in [5.41, 5.74) is 15.2. The Bertz CT molecular complexity index is 2680. The third-order valence-electron chi connectivity index (χ3n) is 9.64. The molecule has 0 amide bonds. The largest absolute Gasteiger partial charge is 0.308 e. The van der Waals surface area contributed by atoms with Gasteiger partial charge in [0.25, 0.3) is 0 Å². The van der Waals surface area contributed by atoms with Crippen LogP contribution in [0.4, 0.5) is 0 Å². The molecular weight excluding hydrogens is 558 g/mol. The number of para-hydroxylation sites is 3. The molecule has 10 rings (SSSR count). The Morgan fingerprint density at radius 2 is 1.24 bits per heavy atom. The second-order valence-corrected chi connectivity index (χ2v) is 12.2. The third kappa shape index (κ3) is 3.66. The molecular formula is C43H27N3. The smallest absolute Gasteiger partial charge is 0.0972 e. The molecule has 1 aliphatic heterocycles. The van der Waals surface area contributed by atoms with Gasteiger partial charge >= 0.3 is 0 Å². The molecule has 46 heavy (non-hydrogen) atoms. The van der Waals surface area contributed by atoms with Gasteiger partial charge < -0.3 is 4.57 Å². The molecule has 0 radical (unpaired) electrons. The highest BCUT2D eigenvalue weighted by atomic mass is 15.0. The molecule has 0 bridgehead atoms. The van der Waals surface area contributed by atoms with E-state index in [0.717, 1.165) is 39.5 Å². The predicted octanol–water partition coefficient (Wildman–Crippen LogP) is 10.8. The Labute approximate surface area is 266 Å². The van der Waals surface area contributed by atoms with Crippen LogP contribution in [0.3, 0.4) is 0 Å². The van der Waals surface area contributed by atoms with E-state index in [-0.39, 0.29) is 0 Å². The Kier molecular flexibility index (Phi) is 5.34. The zero-order chi connectivity index (χ0) is 30.2. The summed E-state index contributed by atoms with van der Waals surface area (Å²) in [5.74, 6) is 0. The van der Waals surface area contributed by atoms with Crippen molar-refractivity contribution in [3.05, 3.63) is 163 Å². The summed E-state index contributed by atoms with van der Waals surface area (Å²) in [6, 6.07) is 52.8. The van der Waals surface area contributed by atoms with Crippen molar-refractivity contribution in [2.75, 3.05) is 0 Å². The van der Waals surface area contributed by atoms with Gasteiger partial charge in [0.15, 0.2) is 0 Å². The minimum atomic E-state index is 0.797. The molecule has 0 spiro atoms. The lowest BCUT2D eigenvalue weighted by molar-refractivity contribution is 1.13. The fraction of sp³-hybridized carbons (Fsp3) is 0.0233. The van der Waals surface area contributed by atoms with Gasteiger partial charge in [-0.25, -0.2) is 4.98 Å². The number of hydrogen-bond acceptors (Lipinski definition) is 2. The molecule has 4 heterocycles. The lowest BCUT2D eigenvalue weighted by atomic mass is 9.87. The normalized spacial score (nSPS) is 12.3. The second-order valence-electron chi connectivity index (χ2n) is 12.2. The number of fused-ring (bicyclic) bond motifs is 12. The topological polar surface area (TPSA) is 30.7 Å². The van der Waals surface area contributed by atoms with Crippen LogP contribution in [0.25, 0.3) is 82.8 Å². The fourth-order valence-corrected chi connectivity index (χ4v) is 7.58. The van der Waals surface area contributed by atoms with Crippen molar-refractivity contribution < 1.29 is 0 Å². The van der Waals surface area contributed by atoms with E-state index in [1.54, 1.807) is 0 Å². The maximum absolute atomic E-state index is 5.21. The van der Waals surface area contributed by atoms with Gasteiger partial charge in [-0.1, -0.05) is 115 Å². The number of aromatic nitrogens is 3. The molecule has 0 aliphatic carbocycles. The zero-order valence-electron chi connectivity index (χ0n) is 25.0. The number of benzene rings is 6. The SMILES string of the molecule is c1ccc2c(c1)-c1ccc(-c3ccc4ccc5cccnc5c4n3)cc1Cc1cccc3c4ccccc4n(c13)-c1ccccc1-2. The molecule has 0 unspecified atom stereocenters. The van der Waals surface area contributed by atoms with E-state index in [2.05, 4.69) is 144 Å². The number of nitrogens with zero attached hydrogens (tertiary/aromatic N) is 3. The summed E-state index contributed by atoms with van der Waals surface area (Å²) in [7, 11) is 0. The van der Waals surface area contributed by atoms with Gasteiger partial charge in [0.1, 0.15) is 0 Å². The molecule has 3 aromatic heterocycles. The molecule has 1 aliphatic rings. The van der Waals surface area contributed by atoms with Crippen LogP contribution in [0.1, 0.15) is 11.1 Å². The van der Waals surface area contributed by atoms with Crippen LogP contribution in [-0.4, -0.2) is 14.5 Å². The van der Waals surface area contributed by atoms with E-state index in [9.17, 15) is 0 Å². The average Bonchev–Trinajstić information content (AvgIpc) is 3.46. The van der Waals surface area contributed by atoms with E-state index in [1.807, 2.05) is 12.3 Å². The van der Waals surface area contributed by atoms with Crippen LogP contribution in [0, 0.1) is 0 Å². The van der Waals surface area contributed by atoms with Crippen molar-refractivity contribution in [1.82, 2.24) is 14.5 Å². The first-order valence-electron chi connectivity index (χ1n) is 15.8. The zero-order valence-corrected chi connectivity index (χ0v) is 25.0. The van der Waals surface area contributed by atoms with Crippen molar-refractivity contribution >= 4 is 43.6 Å². The van der Waals surface area contributed by atoms with Crippen molar-refractivity contribution in [3.8, 4) is 39.2 Å². The van der Waals surface area contributed by atoms with Crippen molar-refractivity contribution in [2.45, 2.75) is 6.42 Å². The minimum absolute atomic E-state index is 0.797. The standard InChI is InChI=1S/C43H27N3/c1-2-12-34-33(11-1)32-22-20-29(38-23-21-28-19-18-27-10-8-24-44-41(27)42(28)45-38)25-31(32)26-30-9-7-15-37-36-14-4-6-17-40(36)46(43(30)37)39-16-5-3-13-35(34)39/h1-25H,26H2. The molecule has 3 nitrogen and oxygen atoms in total. The summed E-state index contributed by atoms with van der Waals surface area (Å²) in [6.45, 7) is 0. The number of rotatable bonds is 1. The quantitative estimate of drug-likeness (QED) is 0.179. The second kappa shape index (κ2) is 9.72. The Hall–Kier alpha value is -6.06. The van der Waals surface area contributed by atoms with E-state index in [1.165, 1.54) is 60.9 Å². The maximum atomic E-state index is 5.21. The number of pyridine rings is 2. The van der Waals surface area contributed by atoms with E-state index >= 15 is 0 Å².